The first-order chi connectivity index (χ1) is 25.7. The highest BCUT2D eigenvalue weighted by atomic mass is 32.1. The summed E-state index contributed by atoms with van der Waals surface area (Å²) in [5.41, 5.74) is 1.88. The Hall–Kier alpha value is -5.88. The lowest BCUT2D eigenvalue weighted by atomic mass is 10.0. The van der Waals surface area contributed by atoms with Gasteiger partial charge in [-0.1, -0.05) is 60.9 Å². The lowest BCUT2D eigenvalue weighted by molar-refractivity contribution is -0.138. The predicted octanol–water partition coefficient (Wildman–Crippen LogP) is 5.16. The molecule has 2 fully saturated rings. The van der Waals surface area contributed by atoms with Crippen molar-refractivity contribution < 1.29 is 33.4 Å². The molecule has 53 heavy (non-hydrogen) atoms. The van der Waals surface area contributed by atoms with Gasteiger partial charge in [0.25, 0.3) is 5.91 Å². The lowest BCUT2D eigenvalue weighted by Crippen LogP contribution is -2.48. The number of alkyl carbamates (subject to hydrolysis) is 1. The van der Waals surface area contributed by atoms with E-state index in [0.29, 0.717) is 61.0 Å². The minimum Gasteiger partial charge on any atom is -0.453 e. The summed E-state index contributed by atoms with van der Waals surface area (Å²) < 4.78 is 11.8. The number of nitrogens with zero attached hydrogens (tertiary/aromatic N) is 4. The molecular weight excluding hydrogens is 699 g/mol. The second kappa shape index (κ2) is 17.1. The number of hydrogen-bond acceptors (Lipinski definition) is 9. The van der Waals surface area contributed by atoms with Gasteiger partial charge in [-0.15, -0.1) is 0 Å². The van der Waals surface area contributed by atoms with Crippen LogP contribution in [-0.4, -0.2) is 88.0 Å². The predicted molar refractivity (Wildman–Crippen MR) is 198 cm³/mol. The molecule has 2 aromatic carbocycles. The summed E-state index contributed by atoms with van der Waals surface area (Å²) in [6.45, 7) is 3.23. The van der Waals surface area contributed by atoms with E-state index in [-0.39, 0.29) is 17.7 Å². The van der Waals surface area contributed by atoms with Crippen LogP contribution in [0.1, 0.15) is 67.5 Å². The highest BCUT2D eigenvalue weighted by Crippen LogP contribution is 2.26. The molecule has 0 radical (unpaired) electrons. The van der Waals surface area contributed by atoms with Gasteiger partial charge in [0.2, 0.25) is 11.8 Å². The van der Waals surface area contributed by atoms with Gasteiger partial charge >= 0.3 is 12.2 Å². The monoisotopic (exact) mass is 739 g/mol. The Balaban J connectivity index is 1.04. The Morgan fingerprint density at radius 1 is 0.906 bits per heavy atom. The highest BCUT2D eigenvalue weighted by molar-refractivity contribution is 7.17. The summed E-state index contributed by atoms with van der Waals surface area (Å²) in [7, 11) is 1.23. The molecule has 2 aliphatic rings. The van der Waals surface area contributed by atoms with Gasteiger partial charge in [0.1, 0.15) is 18.1 Å². The molecule has 2 aliphatic heterocycles. The number of imidazole rings is 1. The van der Waals surface area contributed by atoms with Gasteiger partial charge in [-0.2, -0.15) is 0 Å². The number of nitrogens with one attached hydrogen (secondary N) is 3. The van der Waals surface area contributed by atoms with Crippen molar-refractivity contribution in [1.82, 2.24) is 24.5 Å². The quantitative estimate of drug-likeness (QED) is 0.148. The molecule has 276 valence electrons. The maximum atomic E-state index is 13.6. The lowest BCUT2D eigenvalue weighted by Gasteiger charge is -2.28. The van der Waals surface area contributed by atoms with Crippen molar-refractivity contribution in [3.63, 3.8) is 0 Å². The van der Waals surface area contributed by atoms with Crippen LogP contribution in [0.5, 0.6) is 0 Å². The van der Waals surface area contributed by atoms with E-state index in [2.05, 4.69) is 32.8 Å². The second-order valence-electron chi connectivity index (χ2n) is 12.7. The first kappa shape index (κ1) is 36.9. The van der Waals surface area contributed by atoms with Crippen molar-refractivity contribution in [2.45, 2.75) is 63.6 Å². The van der Waals surface area contributed by atoms with E-state index in [1.165, 1.54) is 28.2 Å². The zero-order chi connectivity index (χ0) is 37.3. The van der Waals surface area contributed by atoms with E-state index in [9.17, 15) is 24.0 Å². The number of carbonyl (C=O) groups excluding carboxylic acids is 5. The number of carbonyl (C=O) groups is 5. The average Bonchev–Trinajstić information content (AvgIpc) is 3.98. The number of likely N-dealkylation sites (tertiary alicyclic amines) is 2. The van der Waals surface area contributed by atoms with E-state index in [1.54, 1.807) is 59.1 Å². The zero-order valence-corrected chi connectivity index (χ0v) is 30.3. The third-order valence-corrected chi connectivity index (χ3v) is 9.98. The molecule has 14 nitrogen and oxygen atoms in total. The molecule has 6 rings (SSSR count). The number of thiazole rings is 1. The number of ether oxygens (including phenoxy) is 2. The summed E-state index contributed by atoms with van der Waals surface area (Å²) in [6, 6.07) is 13.7. The topological polar surface area (TPSA) is 164 Å². The van der Waals surface area contributed by atoms with Crippen molar-refractivity contribution in [2.24, 2.45) is 0 Å². The molecule has 0 spiro atoms. The smallest absolute Gasteiger partial charge is 0.410 e. The summed E-state index contributed by atoms with van der Waals surface area (Å²) in [5.74, 6) is 5.66. The molecule has 0 bridgehead atoms. The number of hydrogen-bond donors (Lipinski definition) is 3. The summed E-state index contributed by atoms with van der Waals surface area (Å²) in [6.07, 6.45) is 6.48. The number of unbranched alkanes of at least 4 members (excludes halogenated alkanes) is 1. The van der Waals surface area contributed by atoms with Crippen LogP contribution in [-0.2, 0) is 23.9 Å². The van der Waals surface area contributed by atoms with E-state index in [4.69, 9.17) is 9.47 Å². The van der Waals surface area contributed by atoms with Crippen molar-refractivity contribution in [1.29, 1.82) is 0 Å². The minimum atomic E-state index is -0.993. The molecule has 4 aromatic rings. The third-order valence-electron chi connectivity index (χ3n) is 9.07. The molecule has 5 amide bonds. The third kappa shape index (κ3) is 8.96. The maximum absolute atomic E-state index is 13.6. The van der Waals surface area contributed by atoms with Crippen LogP contribution in [0.15, 0.2) is 67.0 Å². The number of amides is 5. The Bertz CT molecular complexity index is 1990. The van der Waals surface area contributed by atoms with E-state index in [1.807, 2.05) is 19.2 Å². The fourth-order valence-corrected chi connectivity index (χ4v) is 7.16. The minimum absolute atomic E-state index is 0.293. The molecule has 3 N–H and O–H groups in total. The number of rotatable bonds is 10. The van der Waals surface area contributed by atoms with Crippen LogP contribution in [0.2, 0.25) is 0 Å². The van der Waals surface area contributed by atoms with Crippen molar-refractivity contribution in [3.8, 4) is 11.8 Å². The molecule has 2 aromatic heterocycles. The van der Waals surface area contributed by atoms with Crippen molar-refractivity contribution in [3.05, 3.63) is 83.0 Å². The second-order valence-corrected chi connectivity index (χ2v) is 13.7. The maximum Gasteiger partial charge on any atom is 0.410 e. The highest BCUT2D eigenvalue weighted by Gasteiger charge is 2.39. The van der Waals surface area contributed by atoms with Crippen LogP contribution < -0.4 is 16.0 Å². The van der Waals surface area contributed by atoms with Crippen molar-refractivity contribution in [2.75, 3.05) is 37.4 Å². The Morgan fingerprint density at radius 3 is 2.30 bits per heavy atom. The first-order valence-electron chi connectivity index (χ1n) is 17.6. The van der Waals surface area contributed by atoms with Gasteiger partial charge in [0.15, 0.2) is 10.8 Å². The number of benzene rings is 2. The zero-order valence-electron chi connectivity index (χ0n) is 29.5. The molecule has 15 heteroatoms. The van der Waals surface area contributed by atoms with Crippen LogP contribution in [0.3, 0.4) is 0 Å². The largest absolute Gasteiger partial charge is 0.453 e. The Kier molecular flexibility index (Phi) is 11.9. The SMILES string of the molecule is CCCCOC(=O)N1CCC[C@H]1C(=O)Nc1cn2cc(C#Cc3ccc(NC(=O)[C@@H]4CCCN4C(=O)[C@H](NC(=O)OC)c4ccccc4)cc3)sc2n1. The fourth-order valence-electron chi connectivity index (χ4n) is 6.34. The molecular formula is C38H41N7O7S. The van der Waals surface area contributed by atoms with Crippen LogP contribution in [0, 0.1) is 11.8 Å². The van der Waals surface area contributed by atoms with Crippen LogP contribution in [0.25, 0.3) is 4.96 Å². The number of methoxy groups -OCH3 is 1. The normalized spacial score (nSPS) is 17.1. The number of anilines is 2. The molecule has 3 atom stereocenters. The van der Waals surface area contributed by atoms with E-state index < -0.39 is 30.3 Å². The van der Waals surface area contributed by atoms with Crippen LogP contribution >= 0.6 is 11.3 Å². The summed E-state index contributed by atoms with van der Waals surface area (Å²) in [4.78, 5) is 73.5. The van der Waals surface area contributed by atoms with Gasteiger partial charge in [-0.3, -0.25) is 23.7 Å². The van der Waals surface area contributed by atoms with Gasteiger partial charge in [-0.05, 0) is 67.9 Å². The van der Waals surface area contributed by atoms with Crippen LogP contribution in [0.4, 0.5) is 21.1 Å². The molecule has 2 saturated heterocycles. The fraction of sp³-hybridized carbons (Fsp3) is 0.368. The number of fused-ring (bicyclic) bond motifs is 1. The first-order valence-corrected chi connectivity index (χ1v) is 18.4. The van der Waals surface area contributed by atoms with Gasteiger partial charge in [-0.25, -0.2) is 14.6 Å². The molecule has 0 unspecified atom stereocenters. The molecule has 4 heterocycles. The average molecular weight is 740 g/mol. The Labute approximate surface area is 310 Å². The summed E-state index contributed by atoms with van der Waals surface area (Å²) in [5, 5.41) is 8.35. The Morgan fingerprint density at radius 2 is 1.60 bits per heavy atom. The van der Waals surface area contributed by atoms with Gasteiger partial charge in [0, 0.05) is 30.5 Å². The van der Waals surface area contributed by atoms with Gasteiger partial charge in [0.05, 0.1) is 24.8 Å². The number of aromatic nitrogens is 2. The molecule has 0 saturated carbocycles. The summed E-state index contributed by atoms with van der Waals surface area (Å²) >= 11 is 1.37. The standard InChI is InChI=1S/C38H41N7O7S/c1-3-4-22-52-38(50)45-21-9-13-30(45)34(47)40-31-24-43-23-28(53-36(43)41-31)19-16-25-14-17-27(18-15-25)39-33(46)29-12-8-20-44(29)35(48)32(42-37(49)51-2)26-10-6-5-7-11-26/h5-7,10-11,14-15,17-18,23-24,29-30,32H,3-4,8-9,12-13,20-22H2,1-2H3,(H,39,46)(H,40,47)(H,42,49)/t29-,30-,32+/m0/s1. The van der Waals surface area contributed by atoms with Crippen molar-refractivity contribution >= 4 is 57.7 Å². The molecule has 0 aliphatic carbocycles. The van der Waals surface area contributed by atoms with E-state index >= 15 is 0 Å². The van der Waals surface area contributed by atoms with Gasteiger partial charge < -0.3 is 30.3 Å². The van der Waals surface area contributed by atoms with E-state index in [0.717, 1.165) is 29.7 Å².